The number of nitrogens with zero attached hydrogens (tertiary/aromatic N) is 1. The van der Waals surface area contributed by atoms with Crippen molar-refractivity contribution < 1.29 is 4.42 Å². The minimum absolute atomic E-state index is 0.863. The molecule has 0 unspecified atom stereocenters. The Morgan fingerprint density at radius 1 is 0.266 bits per heavy atom. The van der Waals surface area contributed by atoms with Gasteiger partial charge in [-0.25, -0.2) is 0 Å². The summed E-state index contributed by atoms with van der Waals surface area (Å²) in [6.07, 6.45) is 0. The van der Waals surface area contributed by atoms with Gasteiger partial charge in [-0.3, -0.25) is 0 Å². The van der Waals surface area contributed by atoms with Gasteiger partial charge in [-0.2, -0.15) is 0 Å². The third-order valence-corrected chi connectivity index (χ3v) is 12.7. The predicted molar refractivity (Wildman–Crippen MR) is 271 cm³/mol. The smallest absolute Gasteiger partial charge is 0.145 e. The zero-order chi connectivity index (χ0) is 42.4. The van der Waals surface area contributed by atoms with Gasteiger partial charge in [0.1, 0.15) is 11.2 Å². The van der Waals surface area contributed by atoms with Crippen LogP contribution in [0.1, 0.15) is 0 Å². The van der Waals surface area contributed by atoms with Crippen LogP contribution in [-0.4, -0.2) is 0 Å². The van der Waals surface area contributed by atoms with Gasteiger partial charge < -0.3 is 9.32 Å². The zero-order valence-corrected chi connectivity index (χ0v) is 35.0. The molecule has 300 valence electrons. The van der Waals surface area contributed by atoms with Gasteiger partial charge in [-0.1, -0.05) is 206 Å². The Hall–Kier alpha value is -8.46. The Morgan fingerprint density at radius 3 is 1.36 bits per heavy atom. The zero-order valence-electron chi connectivity index (χ0n) is 35.0. The molecule has 12 rings (SSSR count). The summed E-state index contributed by atoms with van der Waals surface area (Å²) >= 11 is 0. The molecular weight excluding hydrogens is 775 g/mol. The van der Waals surface area contributed by atoms with Crippen molar-refractivity contribution in [3.8, 4) is 55.6 Å². The van der Waals surface area contributed by atoms with Crippen LogP contribution in [0.5, 0.6) is 0 Å². The van der Waals surface area contributed by atoms with Gasteiger partial charge in [0.25, 0.3) is 0 Å². The first-order valence-electron chi connectivity index (χ1n) is 21.9. The SMILES string of the molecule is c1ccc(-c2ccccc2-c2ccc(N(c3ccc(-c4ccc(-c5cccc6ccccc56)cc4)cc3)c3ccc(-c4cccc5ccccc45)c4oc5ccccc5c34)cc2)cc1. The van der Waals surface area contributed by atoms with Gasteiger partial charge in [-0.05, 0) is 114 Å². The largest absolute Gasteiger partial charge is 0.455 e. The van der Waals surface area contributed by atoms with Gasteiger partial charge in [0, 0.05) is 22.3 Å². The van der Waals surface area contributed by atoms with E-state index in [9.17, 15) is 0 Å². The molecule has 0 aliphatic carbocycles. The number of rotatable bonds is 8. The molecule has 0 atom stereocenters. The minimum Gasteiger partial charge on any atom is -0.455 e. The van der Waals surface area contributed by atoms with E-state index in [1.165, 1.54) is 54.9 Å². The molecule has 0 bridgehead atoms. The minimum atomic E-state index is 0.863. The molecule has 0 amide bonds. The van der Waals surface area contributed by atoms with Gasteiger partial charge in [0.05, 0.1) is 11.1 Å². The van der Waals surface area contributed by atoms with Crippen LogP contribution in [0.15, 0.2) is 253 Å². The van der Waals surface area contributed by atoms with E-state index in [0.717, 1.165) is 61.3 Å². The maximum absolute atomic E-state index is 6.90. The van der Waals surface area contributed by atoms with E-state index in [2.05, 4.69) is 254 Å². The number of para-hydroxylation sites is 1. The third-order valence-electron chi connectivity index (χ3n) is 12.7. The fourth-order valence-corrected chi connectivity index (χ4v) is 9.61. The van der Waals surface area contributed by atoms with Crippen LogP contribution in [0.25, 0.3) is 99.1 Å². The lowest BCUT2D eigenvalue weighted by Gasteiger charge is -2.27. The Kier molecular flexibility index (Phi) is 9.20. The molecule has 2 nitrogen and oxygen atoms in total. The van der Waals surface area contributed by atoms with Gasteiger partial charge >= 0.3 is 0 Å². The van der Waals surface area contributed by atoms with Crippen LogP contribution in [0.4, 0.5) is 17.1 Å². The predicted octanol–water partition coefficient (Wildman–Crippen LogP) is 17.7. The van der Waals surface area contributed by atoms with E-state index in [1.54, 1.807) is 0 Å². The topological polar surface area (TPSA) is 16.4 Å². The Labute approximate surface area is 372 Å². The number of hydrogen-bond donors (Lipinski definition) is 0. The molecule has 2 heteroatoms. The van der Waals surface area contributed by atoms with Gasteiger partial charge in [0.2, 0.25) is 0 Å². The molecular formula is C62H41NO. The summed E-state index contributed by atoms with van der Waals surface area (Å²) in [5.74, 6) is 0. The van der Waals surface area contributed by atoms with E-state index in [-0.39, 0.29) is 0 Å². The molecule has 0 aliphatic rings. The summed E-state index contributed by atoms with van der Waals surface area (Å²) in [6.45, 7) is 0. The van der Waals surface area contributed by atoms with Gasteiger partial charge in [-0.15, -0.1) is 0 Å². The summed E-state index contributed by atoms with van der Waals surface area (Å²) in [5.41, 5.74) is 16.7. The van der Waals surface area contributed by atoms with Crippen LogP contribution < -0.4 is 4.90 Å². The summed E-state index contributed by atoms with van der Waals surface area (Å²) in [7, 11) is 0. The first-order valence-corrected chi connectivity index (χ1v) is 21.9. The first kappa shape index (κ1) is 37.3. The van der Waals surface area contributed by atoms with Gasteiger partial charge in [0.15, 0.2) is 0 Å². The van der Waals surface area contributed by atoms with Crippen molar-refractivity contribution in [1.82, 2.24) is 0 Å². The third kappa shape index (κ3) is 6.52. The van der Waals surface area contributed by atoms with Crippen LogP contribution in [-0.2, 0) is 0 Å². The Bertz CT molecular complexity index is 3630. The number of anilines is 3. The highest BCUT2D eigenvalue weighted by atomic mass is 16.3. The fourth-order valence-electron chi connectivity index (χ4n) is 9.61. The van der Waals surface area contributed by atoms with Crippen molar-refractivity contribution in [1.29, 1.82) is 0 Å². The van der Waals surface area contributed by atoms with Crippen molar-refractivity contribution in [2.45, 2.75) is 0 Å². The number of benzene rings is 11. The highest BCUT2D eigenvalue weighted by molar-refractivity contribution is 6.18. The van der Waals surface area contributed by atoms with Crippen LogP contribution in [0.2, 0.25) is 0 Å². The molecule has 1 heterocycles. The van der Waals surface area contributed by atoms with E-state index in [4.69, 9.17) is 4.42 Å². The second-order valence-electron chi connectivity index (χ2n) is 16.4. The lowest BCUT2D eigenvalue weighted by molar-refractivity contribution is 0.670. The lowest BCUT2D eigenvalue weighted by atomic mass is 9.94. The molecule has 0 saturated carbocycles. The van der Waals surface area contributed by atoms with E-state index < -0.39 is 0 Å². The first-order chi connectivity index (χ1) is 31.7. The van der Waals surface area contributed by atoms with Crippen LogP contribution in [0.3, 0.4) is 0 Å². The van der Waals surface area contributed by atoms with Crippen LogP contribution in [0, 0.1) is 0 Å². The monoisotopic (exact) mass is 815 g/mol. The molecule has 0 radical (unpaired) electrons. The summed E-state index contributed by atoms with van der Waals surface area (Å²) < 4.78 is 6.90. The number of hydrogen-bond acceptors (Lipinski definition) is 2. The Morgan fingerprint density at radius 2 is 0.703 bits per heavy atom. The molecule has 64 heavy (non-hydrogen) atoms. The quantitative estimate of drug-likeness (QED) is 0.152. The van der Waals surface area contributed by atoms with Crippen LogP contribution >= 0.6 is 0 Å². The van der Waals surface area contributed by atoms with E-state index in [1.807, 2.05) is 0 Å². The molecule has 11 aromatic carbocycles. The molecule has 0 fully saturated rings. The summed E-state index contributed by atoms with van der Waals surface area (Å²) in [6, 6.07) is 89.5. The van der Waals surface area contributed by atoms with Crippen molar-refractivity contribution in [2.75, 3.05) is 4.90 Å². The van der Waals surface area contributed by atoms with E-state index in [0.29, 0.717) is 0 Å². The molecule has 0 saturated heterocycles. The van der Waals surface area contributed by atoms with Crippen molar-refractivity contribution in [3.05, 3.63) is 249 Å². The number of fused-ring (bicyclic) bond motifs is 5. The standard InChI is InChI=1S/C62H41NO/c1-2-14-44(15-3-1)51-21-8-9-22-53(51)48-34-38-50(39-35-48)63(49-36-32-43(33-37-49)42-28-30-47(31-29-42)54-25-12-18-45-16-4-6-20-52(45)54)59-41-40-57(56-26-13-19-46-17-5-7-23-55(46)56)62-61(59)58-24-10-11-27-60(58)64-62/h1-41H. The summed E-state index contributed by atoms with van der Waals surface area (Å²) in [4.78, 5) is 2.39. The molecule has 0 aliphatic heterocycles. The van der Waals surface area contributed by atoms with Crippen molar-refractivity contribution >= 4 is 60.5 Å². The van der Waals surface area contributed by atoms with Crippen molar-refractivity contribution in [3.63, 3.8) is 0 Å². The maximum atomic E-state index is 6.90. The highest BCUT2D eigenvalue weighted by Gasteiger charge is 2.23. The second-order valence-corrected chi connectivity index (χ2v) is 16.4. The molecule has 12 aromatic rings. The lowest BCUT2D eigenvalue weighted by Crippen LogP contribution is -2.10. The van der Waals surface area contributed by atoms with Crippen molar-refractivity contribution in [2.24, 2.45) is 0 Å². The number of furan rings is 1. The van der Waals surface area contributed by atoms with E-state index >= 15 is 0 Å². The average molecular weight is 816 g/mol. The molecule has 0 spiro atoms. The summed E-state index contributed by atoms with van der Waals surface area (Å²) in [5, 5.41) is 7.07. The molecule has 1 aromatic heterocycles. The second kappa shape index (κ2) is 15.8. The maximum Gasteiger partial charge on any atom is 0.145 e. The highest BCUT2D eigenvalue weighted by Crippen LogP contribution is 2.47. The average Bonchev–Trinajstić information content (AvgIpc) is 3.77. The normalized spacial score (nSPS) is 11.4. The fraction of sp³-hybridized carbons (Fsp3) is 0. The Balaban J connectivity index is 0.998. The molecule has 0 N–H and O–H groups in total.